The lowest BCUT2D eigenvalue weighted by atomic mass is 10.0. The van der Waals surface area contributed by atoms with E-state index in [4.69, 9.17) is 9.47 Å². The number of carbonyl (C=O) groups excluding carboxylic acids is 1. The summed E-state index contributed by atoms with van der Waals surface area (Å²) < 4.78 is 24.6. The summed E-state index contributed by atoms with van der Waals surface area (Å²) in [6.45, 7) is 1.77. The van der Waals surface area contributed by atoms with E-state index in [2.05, 4.69) is 0 Å². The van der Waals surface area contributed by atoms with Crippen LogP contribution >= 0.6 is 0 Å². The first kappa shape index (κ1) is 15.0. The van der Waals surface area contributed by atoms with Crippen molar-refractivity contribution in [3.63, 3.8) is 0 Å². The van der Waals surface area contributed by atoms with Crippen LogP contribution in [-0.2, 0) is 0 Å². The largest absolute Gasteiger partial charge is 0.486 e. The second-order valence-electron chi connectivity index (χ2n) is 6.07. The van der Waals surface area contributed by atoms with Crippen LogP contribution in [0, 0.1) is 5.82 Å². The molecule has 4 nitrogen and oxygen atoms in total. The monoisotopic (exact) mass is 327 g/mol. The van der Waals surface area contributed by atoms with Crippen molar-refractivity contribution in [2.24, 2.45) is 0 Å². The summed E-state index contributed by atoms with van der Waals surface area (Å²) in [5, 5.41) is 0. The zero-order valence-electron chi connectivity index (χ0n) is 13.2. The van der Waals surface area contributed by atoms with Gasteiger partial charge < -0.3 is 14.4 Å². The number of rotatable bonds is 2. The molecule has 2 heterocycles. The van der Waals surface area contributed by atoms with Crippen molar-refractivity contribution >= 4 is 5.91 Å². The Morgan fingerprint density at radius 2 is 1.92 bits per heavy atom. The Balaban J connectivity index is 1.62. The van der Waals surface area contributed by atoms with E-state index in [1.165, 1.54) is 12.1 Å². The number of hydrogen-bond acceptors (Lipinski definition) is 3. The SMILES string of the molecule is O=C(c1cccc(F)c1)N1CCC[C@@H]1c1ccc2c(c1)OCCO2. The molecule has 1 amide bonds. The fourth-order valence-electron chi connectivity index (χ4n) is 3.41. The molecule has 0 radical (unpaired) electrons. The van der Waals surface area contributed by atoms with Crippen molar-refractivity contribution in [2.45, 2.75) is 18.9 Å². The topological polar surface area (TPSA) is 38.8 Å². The average molecular weight is 327 g/mol. The molecule has 0 saturated carbocycles. The summed E-state index contributed by atoms with van der Waals surface area (Å²) in [6.07, 6.45) is 1.82. The van der Waals surface area contributed by atoms with Crippen molar-refractivity contribution < 1.29 is 18.7 Å². The highest BCUT2D eigenvalue weighted by atomic mass is 19.1. The molecule has 1 saturated heterocycles. The molecule has 0 aliphatic carbocycles. The van der Waals surface area contributed by atoms with E-state index in [1.54, 1.807) is 12.1 Å². The predicted octanol–water partition coefficient (Wildman–Crippen LogP) is 3.57. The van der Waals surface area contributed by atoms with Gasteiger partial charge in [0.15, 0.2) is 11.5 Å². The third-order valence-electron chi connectivity index (χ3n) is 4.54. The standard InChI is InChI=1S/C19H18FNO3/c20-15-4-1-3-14(11-15)19(22)21-8-2-5-16(21)13-6-7-17-18(12-13)24-10-9-23-17/h1,3-4,6-7,11-12,16H,2,5,8-10H2/t16-/m1/s1. The maximum absolute atomic E-state index is 13.4. The van der Waals surface area contributed by atoms with Crippen LogP contribution in [0.25, 0.3) is 0 Å². The van der Waals surface area contributed by atoms with Crippen LogP contribution in [0.5, 0.6) is 11.5 Å². The van der Waals surface area contributed by atoms with E-state index in [-0.39, 0.29) is 11.9 Å². The molecular formula is C19H18FNO3. The molecule has 4 rings (SSSR count). The first-order valence-electron chi connectivity index (χ1n) is 8.18. The lowest BCUT2D eigenvalue weighted by Gasteiger charge is -2.27. The van der Waals surface area contributed by atoms with Gasteiger partial charge in [-0.05, 0) is 48.7 Å². The Labute approximate surface area is 139 Å². The van der Waals surface area contributed by atoms with Crippen LogP contribution in [0.15, 0.2) is 42.5 Å². The normalized spacial score (nSPS) is 19.4. The van der Waals surface area contributed by atoms with Gasteiger partial charge in [-0.25, -0.2) is 4.39 Å². The van der Waals surface area contributed by atoms with Gasteiger partial charge in [-0.2, -0.15) is 0 Å². The lowest BCUT2D eigenvalue weighted by molar-refractivity contribution is 0.0734. The molecule has 2 aliphatic rings. The molecule has 2 aromatic carbocycles. The molecule has 124 valence electrons. The number of amides is 1. The molecule has 0 aromatic heterocycles. The molecule has 1 fully saturated rings. The molecule has 5 heteroatoms. The fraction of sp³-hybridized carbons (Fsp3) is 0.316. The molecular weight excluding hydrogens is 309 g/mol. The second kappa shape index (κ2) is 6.15. The maximum atomic E-state index is 13.4. The highest BCUT2D eigenvalue weighted by molar-refractivity contribution is 5.94. The third kappa shape index (κ3) is 2.70. The molecule has 0 unspecified atom stereocenters. The number of ether oxygens (including phenoxy) is 2. The number of nitrogens with zero attached hydrogens (tertiary/aromatic N) is 1. The molecule has 0 bridgehead atoms. The van der Waals surface area contributed by atoms with Gasteiger partial charge in [0.25, 0.3) is 5.91 Å². The molecule has 2 aromatic rings. The van der Waals surface area contributed by atoms with Gasteiger partial charge in [0.2, 0.25) is 0 Å². The van der Waals surface area contributed by atoms with Gasteiger partial charge in [0, 0.05) is 12.1 Å². The van der Waals surface area contributed by atoms with Crippen LogP contribution in [0.4, 0.5) is 4.39 Å². The lowest BCUT2D eigenvalue weighted by Crippen LogP contribution is -2.30. The molecule has 0 N–H and O–H groups in total. The van der Waals surface area contributed by atoms with E-state index in [1.807, 2.05) is 23.1 Å². The number of benzene rings is 2. The van der Waals surface area contributed by atoms with Gasteiger partial charge in [0.05, 0.1) is 6.04 Å². The van der Waals surface area contributed by atoms with E-state index >= 15 is 0 Å². The van der Waals surface area contributed by atoms with E-state index in [9.17, 15) is 9.18 Å². The Bertz CT molecular complexity index is 777. The number of halogens is 1. The Morgan fingerprint density at radius 3 is 2.75 bits per heavy atom. The first-order chi connectivity index (χ1) is 11.7. The van der Waals surface area contributed by atoms with Crippen LogP contribution < -0.4 is 9.47 Å². The predicted molar refractivity (Wildman–Crippen MR) is 86.8 cm³/mol. The smallest absolute Gasteiger partial charge is 0.254 e. The summed E-state index contributed by atoms with van der Waals surface area (Å²) in [4.78, 5) is 14.6. The quantitative estimate of drug-likeness (QED) is 0.846. The van der Waals surface area contributed by atoms with Gasteiger partial charge >= 0.3 is 0 Å². The van der Waals surface area contributed by atoms with Gasteiger partial charge in [-0.1, -0.05) is 12.1 Å². The summed E-state index contributed by atoms with van der Waals surface area (Å²) in [5.41, 5.74) is 1.42. The van der Waals surface area contributed by atoms with E-state index < -0.39 is 5.82 Å². The molecule has 1 atom stereocenters. The Morgan fingerprint density at radius 1 is 1.08 bits per heavy atom. The van der Waals surface area contributed by atoms with Crippen molar-refractivity contribution in [1.82, 2.24) is 4.90 Å². The second-order valence-corrected chi connectivity index (χ2v) is 6.07. The van der Waals surface area contributed by atoms with Crippen LogP contribution in [0.1, 0.15) is 34.8 Å². The number of fused-ring (bicyclic) bond motifs is 1. The first-order valence-corrected chi connectivity index (χ1v) is 8.18. The van der Waals surface area contributed by atoms with Gasteiger partial charge in [0.1, 0.15) is 19.0 Å². The van der Waals surface area contributed by atoms with E-state index in [0.29, 0.717) is 25.3 Å². The van der Waals surface area contributed by atoms with Crippen LogP contribution in [-0.4, -0.2) is 30.6 Å². The van der Waals surface area contributed by atoms with Crippen LogP contribution in [0.3, 0.4) is 0 Å². The Hall–Kier alpha value is -2.56. The minimum absolute atomic E-state index is 0.0170. The minimum atomic E-state index is -0.393. The average Bonchev–Trinajstić information content (AvgIpc) is 3.10. The van der Waals surface area contributed by atoms with Crippen molar-refractivity contribution in [3.8, 4) is 11.5 Å². The van der Waals surface area contributed by atoms with Crippen LogP contribution in [0.2, 0.25) is 0 Å². The molecule has 24 heavy (non-hydrogen) atoms. The molecule has 2 aliphatic heterocycles. The fourth-order valence-corrected chi connectivity index (χ4v) is 3.41. The summed E-state index contributed by atoms with van der Waals surface area (Å²) in [7, 11) is 0. The maximum Gasteiger partial charge on any atom is 0.254 e. The highest BCUT2D eigenvalue weighted by Crippen LogP contribution is 2.38. The Kier molecular flexibility index (Phi) is 3.84. The summed E-state index contributed by atoms with van der Waals surface area (Å²) >= 11 is 0. The van der Waals surface area contributed by atoms with Gasteiger partial charge in [-0.3, -0.25) is 4.79 Å². The number of likely N-dealkylation sites (tertiary alicyclic amines) is 1. The molecule has 0 spiro atoms. The summed E-state index contributed by atoms with van der Waals surface area (Å²) in [6, 6.07) is 11.7. The van der Waals surface area contributed by atoms with Gasteiger partial charge in [-0.15, -0.1) is 0 Å². The zero-order chi connectivity index (χ0) is 16.5. The van der Waals surface area contributed by atoms with Crippen molar-refractivity contribution in [3.05, 3.63) is 59.4 Å². The third-order valence-corrected chi connectivity index (χ3v) is 4.54. The number of carbonyl (C=O) groups is 1. The zero-order valence-corrected chi connectivity index (χ0v) is 13.2. The highest BCUT2D eigenvalue weighted by Gasteiger charge is 2.31. The summed E-state index contributed by atoms with van der Waals surface area (Å²) in [5.74, 6) is 0.942. The van der Waals surface area contributed by atoms with Crippen molar-refractivity contribution in [1.29, 1.82) is 0 Å². The number of hydrogen-bond donors (Lipinski definition) is 0. The van der Waals surface area contributed by atoms with Crippen molar-refractivity contribution in [2.75, 3.05) is 19.8 Å². The van der Waals surface area contributed by atoms with E-state index in [0.717, 1.165) is 29.9 Å². The minimum Gasteiger partial charge on any atom is -0.486 e.